The lowest BCUT2D eigenvalue weighted by molar-refractivity contribution is 0.457. The van der Waals surface area contributed by atoms with Crippen LogP contribution in [0.1, 0.15) is 16.7 Å². The van der Waals surface area contributed by atoms with E-state index in [4.69, 9.17) is 16.3 Å². The van der Waals surface area contributed by atoms with E-state index in [-0.39, 0.29) is 5.88 Å². The first-order valence-corrected chi connectivity index (χ1v) is 11.1. The average Bonchev–Trinajstić information content (AvgIpc) is 2.63. The number of hydrogen-bond acceptors (Lipinski definition) is 5. The Morgan fingerprint density at radius 2 is 1.69 bits per heavy atom. The lowest BCUT2D eigenvalue weighted by Crippen LogP contribution is -2.25. The Hall–Kier alpha value is -2.64. The Morgan fingerprint density at radius 3 is 2.28 bits per heavy atom. The molecule has 0 aliphatic heterocycles. The highest BCUT2D eigenvalue weighted by atomic mass is 35.5. The van der Waals surface area contributed by atoms with E-state index in [0.717, 1.165) is 27.3 Å². The molecule has 152 valence electrons. The maximum absolute atomic E-state index is 12.1. The fourth-order valence-electron chi connectivity index (χ4n) is 3.06. The Balaban J connectivity index is 2.17. The van der Waals surface area contributed by atoms with Crippen molar-refractivity contribution in [2.75, 3.05) is 17.6 Å². The van der Waals surface area contributed by atoms with Crippen molar-refractivity contribution in [1.82, 2.24) is 9.97 Å². The molecular formula is C21H22ClN3O3S. The number of hydrogen-bond donors (Lipinski definition) is 0. The largest absolute Gasteiger partial charge is 0.436 e. The number of halogens is 1. The number of nitrogens with zero attached hydrogens (tertiary/aromatic N) is 3. The molecule has 0 atom stereocenters. The Morgan fingerprint density at radius 1 is 1.03 bits per heavy atom. The number of pyridine rings is 2. The maximum Gasteiger partial charge on any atom is 0.244 e. The highest BCUT2D eigenvalue weighted by Crippen LogP contribution is 2.36. The minimum atomic E-state index is -3.50. The summed E-state index contributed by atoms with van der Waals surface area (Å²) in [4.78, 5) is 8.68. The van der Waals surface area contributed by atoms with Crippen LogP contribution in [-0.4, -0.2) is 31.7 Å². The maximum atomic E-state index is 12.1. The standard InChI is InChI=1S/C21H22ClN3O3S/c1-13-8-14(2)20(15(3)9-13)28-21-19(25(4)29(5,26)27)7-6-18(24-21)16-10-17(22)12-23-11-16/h6-12H,1-5H3. The van der Waals surface area contributed by atoms with Gasteiger partial charge in [-0.3, -0.25) is 9.29 Å². The molecule has 0 amide bonds. The molecule has 29 heavy (non-hydrogen) atoms. The van der Waals surface area contributed by atoms with E-state index < -0.39 is 10.0 Å². The molecule has 0 aliphatic rings. The molecule has 3 aromatic rings. The zero-order chi connectivity index (χ0) is 21.3. The van der Waals surface area contributed by atoms with Crippen molar-refractivity contribution in [3.8, 4) is 22.9 Å². The summed E-state index contributed by atoms with van der Waals surface area (Å²) in [7, 11) is -2.04. The van der Waals surface area contributed by atoms with Crippen molar-refractivity contribution in [3.05, 3.63) is 64.4 Å². The molecule has 0 saturated carbocycles. The summed E-state index contributed by atoms with van der Waals surface area (Å²) in [5, 5.41) is 0.481. The van der Waals surface area contributed by atoms with Crippen LogP contribution in [0.15, 0.2) is 42.7 Å². The number of aryl methyl sites for hydroxylation is 3. The second kappa shape index (κ2) is 8.00. The van der Waals surface area contributed by atoms with Gasteiger partial charge in [0.15, 0.2) is 0 Å². The minimum Gasteiger partial charge on any atom is -0.436 e. The van der Waals surface area contributed by atoms with E-state index >= 15 is 0 Å². The lowest BCUT2D eigenvalue weighted by atomic mass is 10.1. The van der Waals surface area contributed by atoms with E-state index in [0.29, 0.717) is 27.7 Å². The fraction of sp³-hybridized carbons (Fsp3) is 0.238. The lowest BCUT2D eigenvalue weighted by Gasteiger charge is -2.21. The van der Waals surface area contributed by atoms with Gasteiger partial charge in [0.25, 0.3) is 0 Å². The van der Waals surface area contributed by atoms with Crippen molar-refractivity contribution in [2.24, 2.45) is 0 Å². The van der Waals surface area contributed by atoms with Crippen LogP contribution in [0.3, 0.4) is 0 Å². The molecule has 0 radical (unpaired) electrons. The quantitative estimate of drug-likeness (QED) is 0.573. The second-order valence-electron chi connectivity index (χ2n) is 6.97. The molecule has 0 aliphatic carbocycles. The van der Waals surface area contributed by atoms with Gasteiger partial charge >= 0.3 is 0 Å². The van der Waals surface area contributed by atoms with Gasteiger partial charge in [-0.1, -0.05) is 29.3 Å². The number of rotatable bonds is 5. The second-order valence-corrected chi connectivity index (χ2v) is 9.42. The highest BCUT2D eigenvalue weighted by Gasteiger charge is 2.21. The van der Waals surface area contributed by atoms with Gasteiger partial charge in [0.1, 0.15) is 11.4 Å². The summed E-state index contributed by atoms with van der Waals surface area (Å²) in [5.41, 5.74) is 4.61. The van der Waals surface area contributed by atoms with Crippen LogP contribution in [0.25, 0.3) is 11.3 Å². The minimum absolute atomic E-state index is 0.186. The highest BCUT2D eigenvalue weighted by molar-refractivity contribution is 7.92. The monoisotopic (exact) mass is 431 g/mol. The first-order chi connectivity index (χ1) is 13.6. The first kappa shape index (κ1) is 21.1. The van der Waals surface area contributed by atoms with E-state index in [1.54, 1.807) is 24.4 Å². The number of anilines is 1. The van der Waals surface area contributed by atoms with Gasteiger partial charge in [-0.2, -0.15) is 0 Å². The van der Waals surface area contributed by atoms with Gasteiger partial charge in [-0.05, 0) is 50.1 Å². The first-order valence-electron chi connectivity index (χ1n) is 8.88. The third kappa shape index (κ3) is 4.68. The van der Waals surface area contributed by atoms with Gasteiger partial charge < -0.3 is 4.74 Å². The van der Waals surface area contributed by atoms with Crippen LogP contribution in [0.2, 0.25) is 5.02 Å². The van der Waals surface area contributed by atoms with Crippen molar-refractivity contribution in [2.45, 2.75) is 20.8 Å². The number of benzene rings is 1. The fourth-order valence-corrected chi connectivity index (χ4v) is 3.73. The van der Waals surface area contributed by atoms with Crippen LogP contribution >= 0.6 is 11.6 Å². The van der Waals surface area contributed by atoms with Gasteiger partial charge in [-0.15, -0.1) is 0 Å². The zero-order valence-corrected chi connectivity index (χ0v) is 18.5. The van der Waals surface area contributed by atoms with Gasteiger partial charge in [0.2, 0.25) is 15.9 Å². The molecule has 0 fully saturated rings. The van der Waals surface area contributed by atoms with Crippen molar-refractivity contribution in [1.29, 1.82) is 0 Å². The molecule has 0 saturated heterocycles. The van der Waals surface area contributed by atoms with Crippen LogP contribution in [0.4, 0.5) is 5.69 Å². The summed E-state index contributed by atoms with van der Waals surface area (Å²) < 4.78 is 31.6. The van der Waals surface area contributed by atoms with Crippen LogP contribution in [0.5, 0.6) is 11.6 Å². The topological polar surface area (TPSA) is 72.4 Å². The molecule has 1 aromatic carbocycles. The van der Waals surface area contributed by atoms with Crippen LogP contribution in [0, 0.1) is 20.8 Å². The molecule has 0 N–H and O–H groups in total. The SMILES string of the molecule is Cc1cc(C)c(Oc2nc(-c3cncc(Cl)c3)ccc2N(C)S(C)(=O)=O)c(C)c1. The molecule has 0 unspecified atom stereocenters. The summed E-state index contributed by atoms with van der Waals surface area (Å²) in [6, 6.07) is 9.13. The van der Waals surface area contributed by atoms with Crippen molar-refractivity contribution < 1.29 is 13.2 Å². The van der Waals surface area contributed by atoms with E-state index in [1.807, 2.05) is 32.9 Å². The predicted molar refractivity (Wildman–Crippen MR) is 116 cm³/mol. The smallest absolute Gasteiger partial charge is 0.244 e. The normalized spacial score (nSPS) is 11.4. The molecule has 8 heteroatoms. The van der Waals surface area contributed by atoms with E-state index in [1.165, 1.54) is 13.2 Å². The Kier molecular flexibility index (Phi) is 5.82. The molecule has 2 aromatic heterocycles. The third-order valence-corrected chi connectivity index (χ3v) is 5.88. The summed E-state index contributed by atoms with van der Waals surface area (Å²) in [6.45, 7) is 5.90. The molecule has 3 rings (SSSR count). The summed E-state index contributed by atoms with van der Waals surface area (Å²) in [6.07, 6.45) is 4.31. The molecule has 6 nitrogen and oxygen atoms in total. The molecule has 0 spiro atoms. The van der Waals surface area contributed by atoms with E-state index in [2.05, 4.69) is 9.97 Å². The Bertz CT molecular complexity index is 1160. The van der Waals surface area contributed by atoms with Crippen molar-refractivity contribution >= 4 is 27.3 Å². The van der Waals surface area contributed by atoms with Gasteiger partial charge in [0.05, 0.1) is 17.0 Å². The zero-order valence-electron chi connectivity index (χ0n) is 16.9. The molecular weight excluding hydrogens is 410 g/mol. The van der Waals surface area contributed by atoms with Crippen LogP contribution in [-0.2, 0) is 10.0 Å². The summed E-state index contributed by atoms with van der Waals surface area (Å²) >= 11 is 6.05. The molecule has 0 bridgehead atoms. The van der Waals surface area contributed by atoms with Gasteiger partial charge in [0, 0.05) is 25.0 Å². The number of aromatic nitrogens is 2. The average molecular weight is 432 g/mol. The van der Waals surface area contributed by atoms with Gasteiger partial charge in [-0.25, -0.2) is 13.4 Å². The number of sulfonamides is 1. The third-order valence-electron chi connectivity index (χ3n) is 4.48. The molecule has 2 heterocycles. The predicted octanol–water partition coefficient (Wildman–Crippen LogP) is 4.91. The summed E-state index contributed by atoms with van der Waals surface area (Å²) in [5.74, 6) is 0.832. The Labute approximate surface area is 176 Å². The number of ether oxygens (including phenoxy) is 1. The van der Waals surface area contributed by atoms with Crippen LogP contribution < -0.4 is 9.04 Å². The van der Waals surface area contributed by atoms with Crippen molar-refractivity contribution in [3.63, 3.8) is 0 Å². The van der Waals surface area contributed by atoms with E-state index in [9.17, 15) is 8.42 Å².